The van der Waals surface area contributed by atoms with Crippen molar-refractivity contribution in [3.63, 3.8) is 0 Å². The molecule has 2 unspecified atom stereocenters. The molecule has 1 N–H and O–H groups in total. The number of esters is 1. The van der Waals surface area contributed by atoms with Crippen molar-refractivity contribution in [3.8, 4) is 0 Å². The van der Waals surface area contributed by atoms with Crippen molar-refractivity contribution < 1.29 is 19.1 Å². The number of nitrogens with one attached hydrogen (secondary N) is 1. The van der Waals surface area contributed by atoms with Crippen LogP contribution in [0.1, 0.15) is 119 Å². The standard InChI is InChI=1S/C30H38Cl2N2O2.C5H11NO2.2C2H6/c1-5-26(21-9-7-8-20(19-35)10-11-21)34-28(36)27(22-16-24(31)18-25(32)17-22)33-30(34)14-12-23(13-15-30)29(3,4)6-2;1-6-4-3-5(7)8-2;2*1-2/h8,10-11,16-19,21,23,26H,5-7,9,12-15H2,1-4H3;6H,3-4H2,1-2H3;2*1-2H3. The molecule has 0 aromatic heterocycles. The van der Waals surface area contributed by atoms with E-state index in [0.29, 0.717) is 45.8 Å². The van der Waals surface area contributed by atoms with Crippen LogP contribution in [0.2, 0.25) is 10.0 Å². The SMILES string of the molecule is CC.CC.CCC(C1C=CC(C=O)=CCC1)N1C(=O)C(c2cc(Cl)cc(Cl)c2)=NC12CCC(C(C)(C)CC)CC2.CNCCC(=O)OC. The highest BCUT2D eigenvalue weighted by Gasteiger charge is 2.53. The quantitative estimate of drug-likeness (QED) is 0.193. The Bertz CT molecular complexity index is 1250. The Kier molecular flexibility index (Phi) is 19.6. The maximum Gasteiger partial charge on any atom is 0.306 e. The van der Waals surface area contributed by atoms with E-state index in [2.05, 4.69) is 48.7 Å². The van der Waals surface area contributed by atoms with E-state index >= 15 is 0 Å². The van der Waals surface area contributed by atoms with E-state index in [-0.39, 0.29) is 29.3 Å². The number of hydrogen-bond donors (Lipinski definition) is 1. The Labute approximate surface area is 301 Å². The van der Waals surface area contributed by atoms with Gasteiger partial charge in [0.05, 0.1) is 13.5 Å². The number of nitrogens with zero attached hydrogens (tertiary/aromatic N) is 2. The third-order valence-corrected chi connectivity index (χ3v) is 10.2. The molecule has 1 aromatic rings. The van der Waals surface area contributed by atoms with Crippen LogP contribution in [0.15, 0.2) is 47.0 Å². The molecule has 7 nitrogen and oxygen atoms in total. The number of ether oxygens (including phenoxy) is 1. The van der Waals surface area contributed by atoms with Crippen LogP contribution in [0.4, 0.5) is 0 Å². The van der Waals surface area contributed by atoms with Gasteiger partial charge in [0.25, 0.3) is 5.91 Å². The summed E-state index contributed by atoms with van der Waals surface area (Å²) in [6, 6.07) is 5.26. The fourth-order valence-electron chi connectivity index (χ4n) is 6.71. The second-order valence-corrected chi connectivity index (χ2v) is 13.6. The lowest BCUT2D eigenvalue weighted by Gasteiger charge is -2.49. The fraction of sp³-hybridized carbons (Fsp3) is 0.641. The first-order chi connectivity index (χ1) is 22.9. The van der Waals surface area contributed by atoms with Crippen LogP contribution in [0, 0.1) is 17.3 Å². The van der Waals surface area contributed by atoms with E-state index in [0.717, 1.165) is 57.7 Å². The molecule has 2 atom stereocenters. The number of aliphatic imine (C=N–C) groups is 1. The number of halogens is 2. The van der Waals surface area contributed by atoms with Gasteiger partial charge in [0, 0.05) is 33.8 Å². The van der Waals surface area contributed by atoms with E-state index in [4.69, 9.17) is 28.2 Å². The van der Waals surface area contributed by atoms with E-state index < -0.39 is 5.66 Å². The normalized spacial score (nSPS) is 22.4. The summed E-state index contributed by atoms with van der Waals surface area (Å²) in [6.45, 7) is 17.8. The van der Waals surface area contributed by atoms with Gasteiger partial charge in [-0.05, 0) is 87.4 Å². The van der Waals surface area contributed by atoms with E-state index in [1.54, 1.807) is 25.2 Å². The Morgan fingerprint density at radius 3 is 2.21 bits per heavy atom. The molecule has 1 heterocycles. The van der Waals surface area contributed by atoms with Gasteiger partial charge in [-0.1, -0.05) is 103 Å². The van der Waals surface area contributed by atoms with Crippen molar-refractivity contribution in [2.45, 2.75) is 125 Å². The number of rotatable bonds is 10. The maximum atomic E-state index is 14.2. The first-order valence-electron chi connectivity index (χ1n) is 17.9. The molecule has 270 valence electrons. The number of allylic oxidation sites excluding steroid dienone is 3. The number of amides is 1. The lowest BCUT2D eigenvalue weighted by Crippen LogP contribution is -2.56. The Morgan fingerprint density at radius 2 is 1.71 bits per heavy atom. The van der Waals surface area contributed by atoms with Crippen molar-refractivity contribution in [1.82, 2.24) is 10.2 Å². The Hall–Kier alpha value is -2.48. The highest BCUT2D eigenvalue weighted by atomic mass is 35.5. The number of benzene rings is 1. The summed E-state index contributed by atoms with van der Waals surface area (Å²) < 4.78 is 4.37. The molecule has 1 amide bonds. The second kappa shape index (κ2) is 21.6. The molecule has 48 heavy (non-hydrogen) atoms. The summed E-state index contributed by atoms with van der Waals surface area (Å²) in [7, 11) is 3.18. The lowest BCUT2D eigenvalue weighted by atomic mass is 9.67. The largest absolute Gasteiger partial charge is 0.469 e. The summed E-state index contributed by atoms with van der Waals surface area (Å²) in [4.78, 5) is 43.2. The summed E-state index contributed by atoms with van der Waals surface area (Å²) in [5.41, 5.74) is 1.58. The smallest absolute Gasteiger partial charge is 0.306 e. The van der Waals surface area contributed by atoms with Crippen molar-refractivity contribution in [2.75, 3.05) is 20.7 Å². The molecule has 9 heteroatoms. The summed E-state index contributed by atoms with van der Waals surface area (Å²) >= 11 is 12.6. The predicted molar refractivity (Wildman–Crippen MR) is 202 cm³/mol. The van der Waals surface area contributed by atoms with Crippen molar-refractivity contribution in [1.29, 1.82) is 0 Å². The second-order valence-electron chi connectivity index (χ2n) is 12.7. The zero-order valence-electron chi connectivity index (χ0n) is 31.1. The van der Waals surface area contributed by atoms with Crippen LogP contribution in [-0.4, -0.2) is 61.2 Å². The number of methoxy groups -OCH3 is 1. The van der Waals surface area contributed by atoms with Crippen molar-refractivity contribution >= 4 is 47.1 Å². The summed E-state index contributed by atoms with van der Waals surface area (Å²) in [5.74, 6) is 0.572. The minimum Gasteiger partial charge on any atom is -0.469 e. The van der Waals surface area contributed by atoms with Gasteiger partial charge in [-0.2, -0.15) is 0 Å². The van der Waals surface area contributed by atoms with Gasteiger partial charge in [0.15, 0.2) is 0 Å². The van der Waals surface area contributed by atoms with Gasteiger partial charge in [-0.3, -0.25) is 19.4 Å². The van der Waals surface area contributed by atoms with Gasteiger partial charge < -0.3 is 15.0 Å². The average Bonchev–Trinajstić information content (AvgIpc) is 3.22. The zero-order chi connectivity index (χ0) is 36.5. The van der Waals surface area contributed by atoms with E-state index in [1.807, 2.05) is 39.8 Å². The predicted octanol–water partition coefficient (Wildman–Crippen LogP) is 9.64. The third-order valence-electron chi connectivity index (χ3n) is 9.73. The van der Waals surface area contributed by atoms with E-state index in [9.17, 15) is 14.4 Å². The number of carbonyl (C=O) groups excluding carboxylic acids is 3. The van der Waals surface area contributed by atoms with Gasteiger partial charge in [0.1, 0.15) is 17.7 Å². The molecule has 4 rings (SSSR count). The Balaban J connectivity index is 0.000000832. The summed E-state index contributed by atoms with van der Waals surface area (Å²) in [6.07, 6.45) is 14.9. The Morgan fingerprint density at radius 1 is 1.10 bits per heavy atom. The monoisotopic (exact) mass is 705 g/mol. The third kappa shape index (κ3) is 11.6. The fourth-order valence-corrected chi connectivity index (χ4v) is 7.24. The van der Waals surface area contributed by atoms with Gasteiger partial charge in [-0.15, -0.1) is 0 Å². The molecule has 1 fully saturated rings. The molecular formula is C39H61Cl2N3O4. The minimum absolute atomic E-state index is 0.000191. The molecule has 1 aromatic carbocycles. The molecule has 1 saturated carbocycles. The topological polar surface area (TPSA) is 88.1 Å². The van der Waals surface area contributed by atoms with Gasteiger partial charge in [-0.25, -0.2) is 0 Å². The highest BCUT2D eigenvalue weighted by molar-refractivity contribution is 6.47. The molecule has 1 spiro atoms. The lowest BCUT2D eigenvalue weighted by molar-refractivity contribution is -0.140. The molecule has 0 saturated heterocycles. The van der Waals surface area contributed by atoms with Crippen LogP contribution >= 0.6 is 23.2 Å². The van der Waals surface area contributed by atoms with Gasteiger partial charge in [0.2, 0.25) is 0 Å². The molecule has 0 radical (unpaired) electrons. The molecule has 3 aliphatic rings. The first kappa shape index (κ1) is 43.5. The molecular weight excluding hydrogens is 645 g/mol. The van der Waals surface area contributed by atoms with Crippen LogP contribution < -0.4 is 5.32 Å². The van der Waals surface area contributed by atoms with Crippen molar-refractivity contribution in [2.24, 2.45) is 22.2 Å². The molecule has 2 aliphatic carbocycles. The van der Waals surface area contributed by atoms with Gasteiger partial charge >= 0.3 is 5.97 Å². The minimum atomic E-state index is -0.552. The number of carbonyl (C=O) groups is 3. The number of aldehydes is 1. The maximum absolute atomic E-state index is 14.2. The zero-order valence-corrected chi connectivity index (χ0v) is 32.6. The average molecular weight is 707 g/mol. The highest BCUT2D eigenvalue weighted by Crippen LogP contribution is 2.49. The van der Waals surface area contributed by atoms with Crippen LogP contribution in [0.5, 0.6) is 0 Å². The van der Waals surface area contributed by atoms with Crippen LogP contribution in [-0.2, 0) is 19.1 Å². The van der Waals surface area contributed by atoms with Crippen LogP contribution in [0.3, 0.4) is 0 Å². The first-order valence-corrected chi connectivity index (χ1v) is 18.7. The summed E-state index contributed by atoms with van der Waals surface area (Å²) in [5, 5.41) is 3.83. The van der Waals surface area contributed by atoms with E-state index in [1.165, 1.54) is 7.11 Å². The van der Waals surface area contributed by atoms with Crippen LogP contribution in [0.25, 0.3) is 0 Å². The molecule has 1 aliphatic heterocycles. The van der Waals surface area contributed by atoms with Crippen molar-refractivity contribution in [3.05, 3.63) is 57.6 Å². The molecule has 0 bridgehead atoms. The number of hydrogen-bond acceptors (Lipinski definition) is 6.